The summed E-state index contributed by atoms with van der Waals surface area (Å²) in [5.74, 6) is -0.441. The van der Waals surface area contributed by atoms with Gasteiger partial charge in [0.1, 0.15) is 0 Å². The van der Waals surface area contributed by atoms with Gasteiger partial charge in [-0.1, -0.05) is 0 Å². The number of thioether (sulfide) groups is 1. The van der Waals surface area contributed by atoms with Gasteiger partial charge in [0.25, 0.3) is 11.1 Å². The Morgan fingerprint density at radius 2 is 1.90 bits per heavy atom. The number of thiazole rings is 1. The number of hydrogen-bond donors (Lipinski definition) is 2. The summed E-state index contributed by atoms with van der Waals surface area (Å²) in [6, 6.07) is 10.2. The molecule has 3 amide bonds. The summed E-state index contributed by atoms with van der Waals surface area (Å²) >= 11 is 2.34. The van der Waals surface area contributed by atoms with Crippen LogP contribution in [0.3, 0.4) is 0 Å². The Hall–Kier alpha value is -3.11. The molecule has 2 aromatic heterocycles. The maximum Gasteiger partial charge on any atom is 0.293 e. The van der Waals surface area contributed by atoms with Crippen LogP contribution in [-0.2, 0) is 11.2 Å². The fourth-order valence-electron chi connectivity index (χ4n) is 2.18. The van der Waals surface area contributed by atoms with E-state index < -0.39 is 5.91 Å². The molecule has 0 aliphatic carbocycles. The van der Waals surface area contributed by atoms with Gasteiger partial charge in [0.2, 0.25) is 5.91 Å². The van der Waals surface area contributed by atoms with Crippen molar-refractivity contribution in [2.45, 2.75) is 11.3 Å². The molecule has 0 saturated carbocycles. The van der Waals surface area contributed by atoms with Crippen LogP contribution in [0, 0.1) is 0 Å². The minimum absolute atomic E-state index is 0.0692. The number of anilines is 2. The lowest BCUT2D eigenvalue weighted by Gasteiger charge is -2.09. The van der Waals surface area contributed by atoms with Crippen molar-refractivity contribution in [1.82, 2.24) is 9.88 Å². The van der Waals surface area contributed by atoms with Crippen LogP contribution in [-0.4, -0.2) is 41.0 Å². The molecule has 0 aliphatic rings. The van der Waals surface area contributed by atoms with E-state index in [0.717, 1.165) is 16.7 Å². The molecule has 2 N–H and O–H groups in total. The molecular weight excluding hydrogens is 412 g/mol. The topological polar surface area (TPSA) is 105 Å². The van der Waals surface area contributed by atoms with Crippen molar-refractivity contribution in [3.63, 3.8) is 0 Å². The van der Waals surface area contributed by atoms with Gasteiger partial charge in [0.15, 0.2) is 10.9 Å². The third-order valence-corrected chi connectivity index (χ3v) is 5.42. The van der Waals surface area contributed by atoms with E-state index in [-0.39, 0.29) is 23.3 Å². The minimum atomic E-state index is -0.397. The van der Waals surface area contributed by atoms with Crippen LogP contribution in [0.2, 0.25) is 0 Å². The maximum atomic E-state index is 12.2. The zero-order valence-corrected chi connectivity index (χ0v) is 17.3. The molecule has 0 aliphatic heterocycles. The summed E-state index contributed by atoms with van der Waals surface area (Å²) in [4.78, 5) is 42.4. The Balaban J connectivity index is 1.51. The standard InChI is InChI=1S/C19H18N4O4S2/c1-23(2)19(26)29-14-7-5-12(6-8-14)20-16(24)10-13-11-28-18(21-13)22-17(25)15-4-3-9-27-15/h3-9,11H,10H2,1-2H3,(H,20,24)(H,21,22,25). The zero-order valence-electron chi connectivity index (χ0n) is 15.7. The van der Waals surface area contributed by atoms with Gasteiger partial charge < -0.3 is 14.6 Å². The summed E-state index contributed by atoms with van der Waals surface area (Å²) in [5, 5.41) is 7.44. The van der Waals surface area contributed by atoms with Crippen molar-refractivity contribution < 1.29 is 18.8 Å². The fraction of sp³-hybridized carbons (Fsp3) is 0.158. The van der Waals surface area contributed by atoms with E-state index in [1.165, 1.54) is 22.5 Å². The van der Waals surface area contributed by atoms with Gasteiger partial charge in [-0.15, -0.1) is 11.3 Å². The molecule has 8 nitrogen and oxygen atoms in total. The second kappa shape index (κ2) is 9.39. The number of carbonyl (C=O) groups excluding carboxylic acids is 3. The number of rotatable bonds is 6. The predicted octanol–water partition coefficient (Wildman–Crippen LogP) is 3.94. The van der Waals surface area contributed by atoms with E-state index in [0.29, 0.717) is 16.5 Å². The molecule has 1 aromatic carbocycles. The fourth-order valence-corrected chi connectivity index (χ4v) is 3.54. The zero-order chi connectivity index (χ0) is 20.8. The molecule has 29 heavy (non-hydrogen) atoms. The highest BCUT2D eigenvalue weighted by molar-refractivity contribution is 8.13. The number of furan rings is 1. The lowest BCUT2D eigenvalue weighted by molar-refractivity contribution is -0.115. The first-order valence-corrected chi connectivity index (χ1v) is 10.2. The van der Waals surface area contributed by atoms with Gasteiger partial charge in [-0.05, 0) is 48.2 Å². The first-order valence-electron chi connectivity index (χ1n) is 8.49. The number of hydrogen-bond acceptors (Lipinski definition) is 7. The Morgan fingerprint density at radius 3 is 2.55 bits per heavy atom. The SMILES string of the molecule is CN(C)C(=O)Sc1ccc(NC(=O)Cc2csc(NC(=O)c3ccco3)n2)cc1. The third kappa shape index (κ3) is 5.93. The first kappa shape index (κ1) is 20.6. The highest BCUT2D eigenvalue weighted by Gasteiger charge is 2.13. The smallest absolute Gasteiger partial charge is 0.293 e. The number of benzene rings is 1. The van der Waals surface area contributed by atoms with E-state index in [1.54, 1.807) is 55.9 Å². The molecule has 0 bridgehead atoms. The van der Waals surface area contributed by atoms with E-state index in [9.17, 15) is 14.4 Å². The van der Waals surface area contributed by atoms with E-state index in [1.807, 2.05) is 0 Å². The summed E-state index contributed by atoms with van der Waals surface area (Å²) in [6.07, 6.45) is 1.49. The maximum absolute atomic E-state index is 12.2. The number of aromatic nitrogens is 1. The molecule has 2 heterocycles. The quantitative estimate of drug-likeness (QED) is 0.574. The number of amides is 3. The van der Waals surface area contributed by atoms with Crippen molar-refractivity contribution in [3.05, 3.63) is 59.5 Å². The van der Waals surface area contributed by atoms with Crippen molar-refractivity contribution in [2.75, 3.05) is 24.7 Å². The number of nitrogens with one attached hydrogen (secondary N) is 2. The molecule has 0 radical (unpaired) electrons. The van der Waals surface area contributed by atoms with Crippen LogP contribution in [0.15, 0.2) is 57.4 Å². The average Bonchev–Trinajstić information content (AvgIpc) is 3.35. The Bertz CT molecular complexity index is 998. The molecule has 0 saturated heterocycles. The van der Waals surface area contributed by atoms with E-state index in [4.69, 9.17) is 4.42 Å². The summed E-state index contributed by atoms with van der Waals surface area (Å²) in [5.41, 5.74) is 1.17. The van der Waals surface area contributed by atoms with Gasteiger partial charge in [-0.2, -0.15) is 0 Å². The lowest BCUT2D eigenvalue weighted by Crippen LogP contribution is -2.16. The van der Waals surface area contributed by atoms with Crippen molar-refractivity contribution in [1.29, 1.82) is 0 Å². The van der Waals surface area contributed by atoms with Crippen LogP contribution in [0.4, 0.5) is 15.6 Å². The summed E-state index contributed by atoms with van der Waals surface area (Å²) in [6.45, 7) is 0. The first-order chi connectivity index (χ1) is 13.9. The number of nitrogens with zero attached hydrogens (tertiary/aromatic N) is 2. The second-order valence-electron chi connectivity index (χ2n) is 6.09. The highest BCUT2D eigenvalue weighted by Crippen LogP contribution is 2.23. The Kier molecular flexibility index (Phi) is 6.68. The third-order valence-electron chi connectivity index (χ3n) is 3.57. The Labute approximate surface area is 175 Å². The van der Waals surface area contributed by atoms with Crippen LogP contribution in [0.1, 0.15) is 16.2 Å². The van der Waals surface area contributed by atoms with E-state index >= 15 is 0 Å². The molecule has 150 valence electrons. The molecule has 10 heteroatoms. The molecular formula is C19H18N4O4S2. The molecule has 0 spiro atoms. The largest absolute Gasteiger partial charge is 0.459 e. The molecule has 0 atom stereocenters. The average molecular weight is 431 g/mol. The summed E-state index contributed by atoms with van der Waals surface area (Å²) in [7, 11) is 3.38. The lowest BCUT2D eigenvalue weighted by atomic mass is 10.3. The number of carbonyl (C=O) groups is 3. The van der Waals surface area contributed by atoms with Crippen LogP contribution in [0.25, 0.3) is 0 Å². The minimum Gasteiger partial charge on any atom is -0.459 e. The van der Waals surface area contributed by atoms with Crippen LogP contribution in [0.5, 0.6) is 0 Å². The Morgan fingerprint density at radius 1 is 1.14 bits per heavy atom. The van der Waals surface area contributed by atoms with Gasteiger partial charge in [-0.25, -0.2) is 4.98 Å². The molecule has 3 rings (SSSR count). The van der Waals surface area contributed by atoms with Crippen molar-refractivity contribution >= 4 is 51.0 Å². The molecule has 3 aromatic rings. The van der Waals surface area contributed by atoms with Gasteiger partial charge in [-0.3, -0.25) is 19.7 Å². The molecule has 0 unspecified atom stereocenters. The van der Waals surface area contributed by atoms with Crippen molar-refractivity contribution in [3.8, 4) is 0 Å². The van der Waals surface area contributed by atoms with Gasteiger partial charge in [0.05, 0.1) is 18.4 Å². The monoisotopic (exact) mass is 430 g/mol. The summed E-state index contributed by atoms with van der Waals surface area (Å²) < 4.78 is 5.02. The molecule has 0 fully saturated rings. The normalized spacial score (nSPS) is 10.4. The second-order valence-corrected chi connectivity index (χ2v) is 7.97. The van der Waals surface area contributed by atoms with Gasteiger partial charge >= 0.3 is 0 Å². The van der Waals surface area contributed by atoms with E-state index in [2.05, 4.69) is 15.6 Å². The van der Waals surface area contributed by atoms with Crippen LogP contribution < -0.4 is 10.6 Å². The predicted molar refractivity (Wildman–Crippen MR) is 112 cm³/mol. The van der Waals surface area contributed by atoms with Gasteiger partial charge in [0, 0.05) is 30.1 Å². The highest BCUT2D eigenvalue weighted by atomic mass is 32.2. The van der Waals surface area contributed by atoms with Crippen LogP contribution >= 0.6 is 23.1 Å². The van der Waals surface area contributed by atoms with Crippen molar-refractivity contribution in [2.24, 2.45) is 0 Å².